The first kappa shape index (κ1) is 9.29. The van der Waals surface area contributed by atoms with Crippen LogP contribution in [0.2, 0.25) is 0 Å². The largest absolute Gasteiger partial charge is 0.377 e. The number of methoxy groups -OCH3 is 1. The van der Waals surface area contributed by atoms with Gasteiger partial charge in [-0.25, -0.2) is 0 Å². The first-order valence-corrected chi connectivity index (χ1v) is 5.32. The minimum atomic E-state index is 0.119. The maximum absolute atomic E-state index is 5.28. The third-order valence-electron chi connectivity index (χ3n) is 1.88. The average Bonchev–Trinajstić information content (AvgIpc) is 2.04. The van der Waals surface area contributed by atoms with E-state index < -0.39 is 0 Å². The second-order valence-electron chi connectivity index (χ2n) is 2.51. The molecular formula is C7H13NOS2. The fourth-order valence-corrected chi connectivity index (χ4v) is 2.56. The standard InChI is InChI=1S/C7H13NOS2/c1-9-6-5(11-2)3-4-8-7(6)10/h5-6H,3-4H2,1-2H3,(H,8,10)/t5-,6+/m0/s1. The van der Waals surface area contributed by atoms with Crippen LogP contribution in [-0.4, -0.2) is 36.3 Å². The van der Waals surface area contributed by atoms with Crippen molar-refractivity contribution in [3.8, 4) is 0 Å². The van der Waals surface area contributed by atoms with E-state index in [1.807, 2.05) is 11.8 Å². The highest BCUT2D eigenvalue weighted by atomic mass is 32.2. The van der Waals surface area contributed by atoms with Gasteiger partial charge in [0.05, 0.1) is 0 Å². The summed E-state index contributed by atoms with van der Waals surface area (Å²) in [5.74, 6) is 0. The molecule has 0 radical (unpaired) electrons. The van der Waals surface area contributed by atoms with E-state index in [0.717, 1.165) is 18.0 Å². The summed E-state index contributed by atoms with van der Waals surface area (Å²) in [6.07, 6.45) is 3.36. The summed E-state index contributed by atoms with van der Waals surface area (Å²) in [4.78, 5) is 0.859. The molecule has 0 spiro atoms. The molecule has 0 bridgehead atoms. The van der Waals surface area contributed by atoms with Gasteiger partial charge in [-0.3, -0.25) is 0 Å². The zero-order chi connectivity index (χ0) is 8.27. The molecule has 4 heteroatoms. The second kappa shape index (κ2) is 4.28. The molecule has 1 rings (SSSR count). The van der Waals surface area contributed by atoms with Crippen LogP contribution in [0, 0.1) is 0 Å². The van der Waals surface area contributed by atoms with Gasteiger partial charge in [-0.2, -0.15) is 11.8 Å². The van der Waals surface area contributed by atoms with Crippen molar-refractivity contribution >= 4 is 29.0 Å². The van der Waals surface area contributed by atoms with Crippen molar-refractivity contribution < 1.29 is 4.74 Å². The van der Waals surface area contributed by atoms with Gasteiger partial charge in [-0.15, -0.1) is 0 Å². The van der Waals surface area contributed by atoms with E-state index in [-0.39, 0.29) is 6.10 Å². The first-order valence-electron chi connectivity index (χ1n) is 3.63. The zero-order valence-corrected chi connectivity index (χ0v) is 8.43. The minimum Gasteiger partial charge on any atom is -0.377 e. The minimum absolute atomic E-state index is 0.119. The van der Waals surface area contributed by atoms with E-state index in [1.165, 1.54) is 0 Å². The Hall–Kier alpha value is 0.200. The lowest BCUT2D eigenvalue weighted by Gasteiger charge is -2.30. The van der Waals surface area contributed by atoms with Crippen molar-refractivity contribution in [2.45, 2.75) is 17.8 Å². The van der Waals surface area contributed by atoms with Crippen LogP contribution in [0.4, 0.5) is 0 Å². The van der Waals surface area contributed by atoms with Crippen molar-refractivity contribution in [2.24, 2.45) is 0 Å². The van der Waals surface area contributed by atoms with Gasteiger partial charge in [-0.05, 0) is 12.7 Å². The normalized spacial score (nSPS) is 31.6. The molecule has 11 heavy (non-hydrogen) atoms. The predicted octanol–water partition coefficient (Wildman–Crippen LogP) is 1.05. The molecule has 1 aliphatic heterocycles. The van der Waals surface area contributed by atoms with Crippen molar-refractivity contribution in [3.63, 3.8) is 0 Å². The summed E-state index contributed by atoms with van der Waals surface area (Å²) in [5, 5.41) is 3.68. The van der Waals surface area contributed by atoms with E-state index in [2.05, 4.69) is 11.6 Å². The number of piperidine rings is 1. The van der Waals surface area contributed by atoms with Crippen LogP contribution in [0.1, 0.15) is 6.42 Å². The molecule has 0 aromatic rings. The molecule has 1 fully saturated rings. The Morgan fingerprint density at radius 3 is 2.91 bits per heavy atom. The quantitative estimate of drug-likeness (QED) is 0.658. The fourth-order valence-electron chi connectivity index (χ4n) is 1.26. The molecule has 1 aliphatic rings. The van der Waals surface area contributed by atoms with E-state index in [0.29, 0.717) is 5.25 Å². The van der Waals surface area contributed by atoms with Crippen LogP contribution in [0.15, 0.2) is 0 Å². The molecule has 1 heterocycles. The predicted molar refractivity (Wildman–Crippen MR) is 53.3 cm³/mol. The fraction of sp³-hybridized carbons (Fsp3) is 0.857. The van der Waals surface area contributed by atoms with E-state index in [1.54, 1.807) is 7.11 Å². The van der Waals surface area contributed by atoms with Crippen molar-refractivity contribution in [1.29, 1.82) is 0 Å². The number of rotatable bonds is 2. The van der Waals surface area contributed by atoms with Gasteiger partial charge in [0.15, 0.2) is 0 Å². The third-order valence-corrected chi connectivity index (χ3v) is 3.35. The topological polar surface area (TPSA) is 21.3 Å². The molecule has 0 aromatic heterocycles. The maximum Gasteiger partial charge on any atom is 0.119 e. The van der Waals surface area contributed by atoms with E-state index in [4.69, 9.17) is 17.0 Å². The Bertz CT molecular complexity index is 151. The molecule has 2 nitrogen and oxygen atoms in total. The second-order valence-corrected chi connectivity index (χ2v) is 4.03. The van der Waals surface area contributed by atoms with Crippen molar-refractivity contribution in [1.82, 2.24) is 5.32 Å². The van der Waals surface area contributed by atoms with Gasteiger partial charge in [0.1, 0.15) is 11.1 Å². The Kier molecular flexibility index (Phi) is 3.62. The highest BCUT2D eigenvalue weighted by molar-refractivity contribution is 7.99. The summed E-state index contributed by atoms with van der Waals surface area (Å²) in [6.45, 7) is 0.990. The molecule has 1 saturated heterocycles. The van der Waals surface area contributed by atoms with Crippen molar-refractivity contribution in [2.75, 3.05) is 19.9 Å². The highest BCUT2D eigenvalue weighted by Crippen LogP contribution is 2.20. The molecule has 0 saturated carbocycles. The molecule has 1 N–H and O–H groups in total. The van der Waals surface area contributed by atoms with E-state index >= 15 is 0 Å². The molecule has 64 valence electrons. The molecule has 0 amide bonds. The Morgan fingerprint density at radius 1 is 1.73 bits per heavy atom. The number of hydrogen-bond acceptors (Lipinski definition) is 3. The van der Waals surface area contributed by atoms with Gasteiger partial charge >= 0.3 is 0 Å². The van der Waals surface area contributed by atoms with Gasteiger partial charge in [-0.1, -0.05) is 12.2 Å². The zero-order valence-electron chi connectivity index (χ0n) is 6.79. The average molecular weight is 191 g/mol. The monoisotopic (exact) mass is 191 g/mol. The Balaban J connectivity index is 2.56. The number of hydrogen-bond donors (Lipinski definition) is 1. The SMILES string of the molecule is CO[C@H]1C(=S)NCC[C@@H]1SC. The number of thiocarbonyl (C=S) groups is 1. The van der Waals surface area contributed by atoms with Crippen LogP contribution in [0.5, 0.6) is 0 Å². The maximum atomic E-state index is 5.28. The van der Waals surface area contributed by atoms with Gasteiger partial charge in [0.2, 0.25) is 0 Å². The molecule has 0 unspecified atom stereocenters. The lowest BCUT2D eigenvalue weighted by atomic mass is 10.1. The smallest absolute Gasteiger partial charge is 0.119 e. The third kappa shape index (κ3) is 2.07. The lowest BCUT2D eigenvalue weighted by molar-refractivity contribution is 0.144. The number of ether oxygens (including phenoxy) is 1. The molecule has 0 aromatic carbocycles. The van der Waals surface area contributed by atoms with Gasteiger partial charge < -0.3 is 10.1 Å². The van der Waals surface area contributed by atoms with Crippen LogP contribution in [0.3, 0.4) is 0 Å². The van der Waals surface area contributed by atoms with Gasteiger partial charge in [0, 0.05) is 18.9 Å². The van der Waals surface area contributed by atoms with Crippen LogP contribution < -0.4 is 5.32 Å². The van der Waals surface area contributed by atoms with Crippen molar-refractivity contribution in [3.05, 3.63) is 0 Å². The first-order chi connectivity index (χ1) is 5.29. The Morgan fingerprint density at radius 2 is 2.45 bits per heavy atom. The highest BCUT2D eigenvalue weighted by Gasteiger charge is 2.27. The van der Waals surface area contributed by atoms with Crippen LogP contribution in [-0.2, 0) is 4.74 Å². The summed E-state index contributed by atoms with van der Waals surface area (Å²) < 4.78 is 5.28. The lowest BCUT2D eigenvalue weighted by Crippen LogP contribution is -2.47. The summed E-state index contributed by atoms with van der Waals surface area (Å²) in [7, 11) is 1.72. The number of nitrogens with one attached hydrogen (secondary N) is 1. The van der Waals surface area contributed by atoms with Crippen LogP contribution >= 0.6 is 24.0 Å². The van der Waals surface area contributed by atoms with Crippen LogP contribution in [0.25, 0.3) is 0 Å². The van der Waals surface area contributed by atoms with Gasteiger partial charge in [0.25, 0.3) is 0 Å². The molecular weight excluding hydrogens is 178 g/mol. The summed E-state index contributed by atoms with van der Waals surface area (Å²) >= 11 is 6.95. The summed E-state index contributed by atoms with van der Waals surface area (Å²) in [5.41, 5.74) is 0. The summed E-state index contributed by atoms with van der Waals surface area (Å²) in [6, 6.07) is 0. The van der Waals surface area contributed by atoms with E-state index in [9.17, 15) is 0 Å². The Labute approximate surface area is 77.1 Å². The molecule has 2 atom stereocenters. The molecule has 0 aliphatic carbocycles. The number of thioether (sulfide) groups is 1.